The van der Waals surface area contributed by atoms with Gasteiger partial charge >= 0.3 is 0 Å². The third-order valence-corrected chi connectivity index (χ3v) is 5.51. The van der Waals surface area contributed by atoms with Gasteiger partial charge in [0.15, 0.2) is 0 Å². The second kappa shape index (κ2) is 10.2. The predicted octanol–water partition coefficient (Wildman–Crippen LogP) is 3.28. The topological polar surface area (TPSA) is 61.4 Å². The van der Waals surface area contributed by atoms with E-state index in [1.807, 2.05) is 25.1 Å². The smallest absolute Gasteiger partial charge is 0.251 e. The molecular formula is C24H31N3O2. The van der Waals surface area contributed by atoms with Crippen LogP contribution < -0.4 is 10.6 Å². The molecule has 0 bridgehead atoms. The molecule has 0 radical (unpaired) electrons. The van der Waals surface area contributed by atoms with Crippen molar-refractivity contribution >= 4 is 11.8 Å². The maximum Gasteiger partial charge on any atom is 0.251 e. The van der Waals surface area contributed by atoms with E-state index in [1.165, 1.54) is 11.1 Å². The van der Waals surface area contributed by atoms with Gasteiger partial charge in [-0.2, -0.15) is 0 Å². The van der Waals surface area contributed by atoms with Crippen LogP contribution in [0.5, 0.6) is 0 Å². The molecule has 1 unspecified atom stereocenters. The normalized spacial score (nSPS) is 16.2. The minimum atomic E-state index is -0.205. The summed E-state index contributed by atoms with van der Waals surface area (Å²) in [5.74, 6) is -0.140. The zero-order valence-electron chi connectivity index (χ0n) is 17.4. The maximum absolute atomic E-state index is 12.4. The molecule has 0 saturated carbocycles. The Hall–Kier alpha value is -2.66. The number of likely N-dealkylation sites (tertiary alicyclic amines) is 1. The Labute approximate surface area is 173 Å². The number of aryl methyl sites for hydroxylation is 1. The lowest BCUT2D eigenvalue weighted by Crippen LogP contribution is -2.46. The average molecular weight is 394 g/mol. The Morgan fingerprint density at radius 1 is 1.03 bits per heavy atom. The minimum Gasteiger partial charge on any atom is -0.353 e. The van der Waals surface area contributed by atoms with Crippen molar-refractivity contribution in [3.05, 3.63) is 71.3 Å². The van der Waals surface area contributed by atoms with Gasteiger partial charge in [0.25, 0.3) is 5.91 Å². The summed E-state index contributed by atoms with van der Waals surface area (Å²) in [5, 5.41) is 6.04. The quantitative estimate of drug-likeness (QED) is 0.759. The maximum atomic E-state index is 12.4. The number of amides is 2. The Kier molecular flexibility index (Phi) is 7.42. The second-order valence-electron chi connectivity index (χ2n) is 7.99. The summed E-state index contributed by atoms with van der Waals surface area (Å²) in [6.07, 6.45) is 2.22. The fourth-order valence-corrected chi connectivity index (χ4v) is 3.78. The summed E-state index contributed by atoms with van der Waals surface area (Å²) < 4.78 is 0. The van der Waals surface area contributed by atoms with Crippen LogP contribution >= 0.6 is 0 Å². The van der Waals surface area contributed by atoms with E-state index >= 15 is 0 Å². The number of benzene rings is 2. The van der Waals surface area contributed by atoms with Crippen molar-refractivity contribution in [2.75, 3.05) is 13.1 Å². The van der Waals surface area contributed by atoms with Gasteiger partial charge in [-0.05, 0) is 49.9 Å². The first-order valence-corrected chi connectivity index (χ1v) is 10.4. The molecule has 2 amide bonds. The van der Waals surface area contributed by atoms with E-state index in [2.05, 4.69) is 46.7 Å². The third kappa shape index (κ3) is 6.43. The summed E-state index contributed by atoms with van der Waals surface area (Å²) in [7, 11) is 0. The molecule has 2 aromatic carbocycles. The predicted molar refractivity (Wildman–Crippen MR) is 116 cm³/mol. The SMILES string of the molecule is Cc1ccccc1CN1CCC(NC(=O)CC(C)NC(=O)c2ccccc2)CC1. The molecular weight excluding hydrogens is 362 g/mol. The van der Waals surface area contributed by atoms with Crippen LogP contribution in [-0.4, -0.2) is 41.9 Å². The number of rotatable bonds is 7. The number of piperidine rings is 1. The van der Waals surface area contributed by atoms with Crippen molar-refractivity contribution in [2.24, 2.45) is 0 Å². The monoisotopic (exact) mass is 393 g/mol. The van der Waals surface area contributed by atoms with Gasteiger partial charge in [0.05, 0.1) is 0 Å². The molecule has 1 fully saturated rings. The molecule has 0 aliphatic carbocycles. The van der Waals surface area contributed by atoms with Gasteiger partial charge in [-0.15, -0.1) is 0 Å². The Balaban J connectivity index is 1.38. The van der Waals surface area contributed by atoms with Crippen LogP contribution in [0.4, 0.5) is 0 Å². The first kappa shape index (κ1) is 21.1. The molecule has 2 N–H and O–H groups in total. The lowest BCUT2D eigenvalue weighted by atomic mass is 10.0. The highest BCUT2D eigenvalue weighted by Crippen LogP contribution is 2.16. The van der Waals surface area contributed by atoms with Crippen molar-refractivity contribution in [3.63, 3.8) is 0 Å². The Bertz CT molecular complexity index is 814. The number of hydrogen-bond donors (Lipinski definition) is 2. The largest absolute Gasteiger partial charge is 0.353 e. The summed E-state index contributed by atoms with van der Waals surface area (Å²) in [4.78, 5) is 27.0. The zero-order chi connectivity index (χ0) is 20.6. The zero-order valence-corrected chi connectivity index (χ0v) is 17.4. The first-order valence-electron chi connectivity index (χ1n) is 10.4. The van der Waals surface area contributed by atoms with E-state index < -0.39 is 0 Å². The molecule has 1 saturated heterocycles. The van der Waals surface area contributed by atoms with Crippen LogP contribution in [-0.2, 0) is 11.3 Å². The van der Waals surface area contributed by atoms with Gasteiger partial charge in [0.2, 0.25) is 5.91 Å². The lowest BCUT2D eigenvalue weighted by Gasteiger charge is -2.33. The number of hydrogen-bond acceptors (Lipinski definition) is 3. The third-order valence-electron chi connectivity index (χ3n) is 5.51. The van der Waals surface area contributed by atoms with Gasteiger partial charge in [-0.25, -0.2) is 0 Å². The van der Waals surface area contributed by atoms with Gasteiger partial charge < -0.3 is 10.6 Å². The molecule has 1 atom stereocenters. The van der Waals surface area contributed by atoms with Gasteiger partial charge in [-0.3, -0.25) is 14.5 Å². The second-order valence-corrected chi connectivity index (χ2v) is 7.99. The minimum absolute atomic E-state index is 0.00298. The number of nitrogens with zero attached hydrogens (tertiary/aromatic N) is 1. The summed E-state index contributed by atoms with van der Waals surface area (Å²) >= 11 is 0. The number of carbonyl (C=O) groups is 2. The molecule has 154 valence electrons. The van der Waals surface area contributed by atoms with Crippen molar-refractivity contribution in [1.29, 1.82) is 0 Å². The van der Waals surface area contributed by atoms with Crippen LogP contribution in [0.25, 0.3) is 0 Å². The van der Waals surface area contributed by atoms with E-state index in [0.717, 1.165) is 32.5 Å². The van der Waals surface area contributed by atoms with Crippen molar-refractivity contribution < 1.29 is 9.59 Å². The van der Waals surface area contributed by atoms with Gasteiger partial charge in [-0.1, -0.05) is 42.5 Å². The van der Waals surface area contributed by atoms with E-state index in [-0.39, 0.29) is 23.9 Å². The molecule has 5 heteroatoms. The van der Waals surface area contributed by atoms with Gasteiger partial charge in [0.1, 0.15) is 0 Å². The molecule has 0 aromatic heterocycles. The van der Waals surface area contributed by atoms with Crippen LogP contribution in [0.1, 0.15) is 47.7 Å². The van der Waals surface area contributed by atoms with Crippen LogP contribution in [0.3, 0.4) is 0 Å². The van der Waals surface area contributed by atoms with Crippen LogP contribution in [0.15, 0.2) is 54.6 Å². The van der Waals surface area contributed by atoms with E-state index in [1.54, 1.807) is 12.1 Å². The van der Waals surface area contributed by atoms with E-state index in [4.69, 9.17) is 0 Å². The lowest BCUT2D eigenvalue weighted by molar-refractivity contribution is -0.122. The van der Waals surface area contributed by atoms with E-state index in [9.17, 15) is 9.59 Å². The highest BCUT2D eigenvalue weighted by molar-refractivity contribution is 5.94. The Morgan fingerprint density at radius 3 is 2.38 bits per heavy atom. The Morgan fingerprint density at radius 2 is 1.69 bits per heavy atom. The fraction of sp³-hybridized carbons (Fsp3) is 0.417. The van der Waals surface area contributed by atoms with Crippen molar-refractivity contribution in [2.45, 2.75) is 51.7 Å². The van der Waals surface area contributed by atoms with Crippen LogP contribution in [0, 0.1) is 6.92 Å². The molecule has 29 heavy (non-hydrogen) atoms. The van der Waals surface area contributed by atoms with Gasteiger partial charge in [0, 0.05) is 43.7 Å². The highest BCUT2D eigenvalue weighted by atomic mass is 16.2. The molecule has 3 rings (SSSR count). The summed E-state index contributed by atoms with van der Waals surface area (Å²) in [5.41, 5.74) is 3.31. The standard InChI is InChI=1S/C24H31N3O2/c1-18-8-6-7-11-21(18)17-27-14-12-22(13-15-27)26-23(28)16-19(2)25-24(29)20-9-4-3-5-10-20/h3-11,19,22H,12-17H2,1-2H3,(H,25,29)(H,26,28). The summed E-state index contributed by atoms with van der Waals surface area (Å²) in [6, 6.07) is 17.6. The molecule has 1 aliphatic rings. The van der Waals surface area contributed by atoms with Crippen LogP contribution in [0.2, 0.25) is 0 Å². The summed E-state index contributed by atoms with van der Waals surface area (Å²) in [6.45, 7) is 6.96. The highest BCUT2D eigenvalue weighted by Gasteiger charge is 2.22. The fourth-order valence-electron chi connectivity index (χ4n) is 3.78. The molecule has 1 aliphatic heterocycles. The number of nitrogens with one attached hydrogen (secondary N) is 2. The molecule has 1 heterocycles. The number of carbonyl (C=O) groups excluding carboxylic acids is 2. The van der Waals surface area contributed by atoms with Crippen molar-refractivity contribution in [1.82, 2.24) is 15.5 Å². The first-order chi connectivity index (χ1) is 14.0. The average Bonchev–Trinajstić information content (AvgIpc) is 2.71. The van der Waals surface area contributed by atoms with Crippen molar-refractivity contribution in [3.8, 4) is 0 Å². The molecule has 5 nitrogen and oxygen atoms in total. The molecule has 2 aromatic rings. The van der Waals surface area contributed by atoms with E-state index in [0.29, 0.717) is 12.0 Å². The molecule has 0 spiro atoms.